The van der Waals surface area contributed by atoms with Gasteiger partial charge in [-0.3, -0.25) is 0 Å². The van der Waals surface area contributed by atoms with Crippen LogP contribution in [0.15, 0.2) is 28.7 Å². The molecule has 0 saturated carbocycles. The molecule has 0 saturated heterocycles. The lowest BCUT2D eigenvalue weighted by Crippen LogP contribution is -2.04. The zero-order valence-corrected chi connectivity index (χ0v) is 8.99. The van der Waals surface area contributed by atoms with Crippen LogP contribution in [0.2, 0.25) is 0 Å². The summed E-state index contributed by atoms with van der Waals surface area (Å²) in [5, 5.41) is -0.387. The van der Waals surface area contributed by atoms with Gasteiger partial charge in [0.25, 0.3) is 5.89 Å². The van der Waals surface area contributed by atoms with Crippen LogP contribution >= 0.6 is 0 Å². The first-order valence-electron chi connectivity index (χ1n) is 4.48. The Hall–Kier alpha value is -1.33. The molecule has 0 radical (unpaired) electrons. The van der Waals surface area contributed by atoms with Gasteiger partial charge in [0, 0.05) is 11.3 Å². The molecule has 0 N–H and O–H groups in total. The number of aromatic nitrogens is 1. The van der Waals surface area contributed by atoms with E-state index in [0.717, 1.165) is 5.52 Å². The predicted octanol–water partition coefficient (Wildman–Crippen LogP) is 1.94. The third kappa shape index (κ3) is 2.03. The molecule has 0 amide bonds. The van der Waals surface area contributed by atoms with Crippen LogP contribution in [0, 0.1) is 0 Å². The number of rotatable bonds is 4. The van der Waals surface area contributed by atoms with Crippen LogP contribution in [0.3, 0.4) is 0 Å². The highest BCUT2D eigenvalue weighted by Gasteiger charge is 2.30. The molecule has 1 heterocycles. The Morgan fingerprint density at radius 2 is 2.33 bits per heavy atom. The summed E-state index contributed by atoms with van der Waals surface area (Å²) in [7, 11) is 1.55. The fourth-order valence-electron chi connectivity index (χ4n) is 1.32. The molecular weight excluding hydrogens is 214 g/mol. The molecule has 0 aliphatic rings. The topological polar surface area (TPSA) is 52.3 Å². The van der Waals surface area contributed by atoms with Crippen molar-refractivity contribution in [2.45, 2.75) is 5.25 Å². The SMILES string of the molecule is COCC([S+]=O)c1nc2ccccc2o1. The summed E-state index contributed by atoms with van der Waals surface area (Å²) in [4.78, 5) is 4.24. The molecule has 2 rings (SSSR count). The van der Waals surface area contributed by atoms with Gasteiger partial charge in [0.2, 0.25) is 0 Å². The number of hydrogen-bond donors (Lipinski definition) is 0. The summed E-state index contributed by atoms with van der Waals surface area (Å²) in [6, 6.07) is 7.42. The predicted molar refractivity (Wildman–Crippen MR) is 56.7 cm³/mol. The normalized spacial score (nSPS) is 12.9. The van der Waals surface area contributed by atoms with Gasteiger partial charge in [0.15, 0.2) is 5.58 Å². The number of methoxy groups -OCH3 is 1. The zero-order valence-electron chi connectivity index (χ0n) is 8.17. The van der Waals surface area contributed by atoms with E-state index in [-0.39, 0.29) is 5.25 Å². The van der Waals surface area contributed by atoms with Crippen LogP contribution in [0.1, 0.15) is 11.1 Å². The van der Waals surface area contributed by atoms with E-state index >= 15 is 0 Å². The van der Waals surface area contributed by atoms with E-state index in [1.807, 2.05) is 24.3 Å². The van der Waals surface area contributed by atoms with Crippen molar-refractivity contribution in [3.8, 4) is 0 Å². The number of ether oxygens (including phenoxy) is 1. The minimum absolute atomic E-state index is 0.307. The van der Waals surface area contributed by atoms with Crippen LogP contribution in [0.25, 0.3) is 11.1 Å². The van der Waals surface area contributed by atoms with E-state index in [2.05, 4.69) is 4.98 Å². The van der Waals surface area contributed by atoms with E-state index in [0.29, 0.717) is 29.7 Å². The minimum atomic E-state index is -0.387. The lowest BCUT2D eigenvalue weighted by molar-refractivity contribution is 0.192. The minimum Gasteiger partial charge on any atom is -0.435 e. The number of para-hydroxylation sites is 2. The summed E-state index contributed by atoms with van der Waals surface area (Å²) in [6.45, 7) is 0.307. The molecule has 0 aliphatic carbocycles. The molecule has 15 heavy (non-hydrogen) atoms. The van der Waals surface area contributed by atoms with Crippen LogP contribution in [-0.2, 0) is 20.6 Å². The Morgan fingerprint density at radius 1 is 1.53 bits per heavy atom. The molecule has 5 heteroatoms. The highest BCUT2D eigenvalue weighted by Crippen LogP contribution is 2.21. The smallest absolute Gasteiger partial charge is 0.435 e. The van der Waals surface area contributed by atoms with Crippen molar-refractivity contribution >= 4 is 22.8 Å². The van der Waals surface area contributed by atoms with E-state index in [9.17, 15) is 4.21 Å². The van der Waals surface area contributed by atoms with Gasteiger partial charge in [0.05, 0.1) is 0 Å². The van der Waals surface area contributed by atoms with Gasteiger partial charge in [-0.05, 0) is 12.1 Å². The molecule has 1 aromatic heterocycles. The third-order valence-electron chi connectivity index (χ3n) is 2.02. The molecule has 0 fully saturated rings. The third-order valence-corrected chi connectivity index (χ3v) is 2.59. The molecule has 1 aromatic carbocycles. The van der Waals surface area contributed by atoms with Gasteiger partial charge in [-0.1, -0.05) is 12.1 Å². The maximum Gasteiger partial charge on any atom is 0.475 e. The van der Waals surface area contributed by atoms with Crippen molar-refractivity contribution in [1.82, 2.24) is 4.98 Å². The lowest BCUT2D eigenvalue weighted by atomic mass is 10.3. The maximum absolute atomic E-state index is 10.8. The average molecular weight is 224 g/mol. The molecule has 1 unspecified atom stereocenters. The molecule has 0 aliphatic heterocycles. The molecule has 2 aromatic rings. The largest absolute Gasteiger partial charge is 0.475 e. The highest BCUT2D eigenvalue weighted by atomic mass is 32.1. The Labute approximate surface area is 90.7 Å². The van der Waals surface area contributed by atoms with Gasteiger partial charge in [-0.25, -0.2) is 4.98 Å². The zero-order chi connectivity index (χ0) is 10.7. The molecule has 1 atom stereocenters. The Kier molecular flexibility index (Phi) is 3.03. The number of benzene rings is 1. The second-order valence-corrected chi connectivity index (χ2v) is 3.82. The number of hydrogen-bond acceptors (Lipinski definition) is 4. The van der Waals surface area contributed by atoms with Crippen molar-refractivity contribution in [1.29, 1.82) is 0 Å². The summed E-state index contributed by atoms with van der Waals surface area (Å²) in [5.41, 5.74) is 1.46. The molecule has 0 spiro atoms. The second-order valence-electron chi connectivity index (χ2n) is 3.06. The summed E-state index contributed by atoms with van der Waals surface area (Å²) < 4.78 is 21.2. The van der Waals surface area contributed by atoms with Crippen molar-refractivity contribution in [3.05, 3.63) is 30.2 Å². The number of oxazole rings is 1. The monoisotopic (exact) mass is 224 g/mol. The van der Waals surface area contributed by atoms with Gasteiger partial charge in [-0.2, -0.15) is 0 Å². The summed E-state index contributed by atoms with van der Waals surface area (Å²) >= 11 is 0.432. The fraction of sp³-hybridized carbons (Fsp3) is 0.300. The number of nitrogens with zero attached hydrogens (tertiary/aromatic N) is 1. The van der Waals surface area contributed by atoms with Crippen molar-refractivity contribution in [3.63, 3.8) is 0 Å². The van der Waals surface area contributed by atoms with Crippen LogP contribution < -0.4 is 0 Å². The molecule has 4 nitrogen and oxygen atoms in total. The Balaban J connectivity index is 2.38. The van der Waals surface area contributed by atoms with Gasteiger partial charge in [0.1, 0.15) is 12.1 Å². The standard InChI is InChI=1S/C10H10NO3S/c1-13-6-9(15-12)10-11-7-4-2-3-5-8(7)14-10/h2-5,9H,6H2,1H3/q+1. The van der Waals surface area contributed by atoms with Crippen molar-refractivity contribution in [2.75, 3.05) is 13.7 Å². The highest BCUT2D eigenvalue weighted by molar-refractivity contribution is 7.65. The van der Waals surface area contributed by atoms with Crippen LogP contribution in [-0.4, -0.2) is 18.7 Å². The van der Waals surface area contributed by atoms with Gasteiger partial charge >= 0.3 is 16.9 Å². The van der Waals surface area contributed by atoms with Gasteiger partial charge < -0.3 is 9.15 Å². The van der Waals surface area contributed by atoms with Crippen molar-refractivity contribution < 1.29 is 13.4 Å². The first-order valence-corrected chi connectivity index (χ1v) is 5.28. The van der Waals surface area contributed by atoms with E-state index < -0.39 is 0 Å². The molecule has 0 bridgehead atoms. The maximum atomic E-state index is 10.8. The fourth-order valence-corrected chi connectivity index (χ4v) is 1.69. The Morgan fingerprint density at radius 3 is 3.00 bits per heavy atom. The van der Waals surface area contributed by atoms with Crippen molar-refractivity contribution in [2.24, 2.45) is 0 Å². The first-order chi connectivity index (χ1) is 7.35. The van der Waals surface area contributed by atoms with Gasteiger partial charge in [-0.15, -0.1) is 0 Å². The first kappa shape index (κ1) is 10.2. The van der Waals surface area contributed by atoms with Crippen LogP contribution in [0.5, 0.6) is 0 Å². The molecule has 78 valence electrons. The average Bonchev–Trinajstić information content (AvgIpc) is 2.69. The Bertz CT molecular complexity index is 435. The quantitative estimate of drug-likeness (QED) is 0.745. The second kappa shape index (κ2) is 4.46. The summed E-state index contributed by atoms with van der Waals surface area (Å²) in [5.74, 6) is 0.429. The lowest BCUT2D eigenvalue weighted by Gasteiger charge is -1.92. The molecular formula is C10H10NO3S+. The number of fused-ring (bicyclic) bond motifs is 1. The van der Waals surface area contributed by atoms with E-state index in [1.165, 1.54) is 0 Å². The summed E-state index contributed by atoms with van der Waals surface area (Å²) in [6.07, 6.45) is 0. The van der Waals surface area contributed by atoms with Crippen LogP contribution in [0.4, 0.5) is 0 Å². The van der Waals surface area contributed by atoms with E-state index in [4.69, 9.17) is 9.15 Å². The van der Waals surface area contributed by atoms with E-state index in [1.54, 1.807) is 7.11 Å².